The van der Waals surface area contributed by atoms with Crippen LogP contribution in [-0.2, 0) is 9.53 Å². The average Bonchev–Trinajstić information content (AvgIpc) is 2.78. The normalized spacial score (nSPS) is 51.3. The summed E-state index contributed by atoms with van der Waals surface area (Å²) in [5.74, 6) is 0.672. The summed E-state index contributed by atoms with van der Waals surface area (Å²) in [4.78, 5) is 11.1. The van der Waals surface area contributed by atoms with Crippen LogP contribution >= 0.6 is 0 Å². The first-order valence-electron chi connectivity index (χ1n) is 4.97. The number of fused-ring (bicyclic) bond motifs is 2. The highest BCUT2D eigenvalue weighted by molar-refractivity contribution is 5.63. The van der Waals surface area contributed by atoms with Crippen LogP contribution in [0.2, 0.25) is 0 Å². The lowest BCUT2D eigenvalue weighted by Crippen LogP contribution is -2.36. The van der Waals surface area contributed by atoms with Gasteiger partial charge in [-0.15, -0.1) is 0 Å². The molecule has 3 aliphatic rings. The van der Waals surface area contributed by atoms with Crippen LogP contribution in [0.15, 0.2) is 0 Å². The molecule has 0 aromatic heterocycles. The Hall–Kier alpha value is -0.370. The zero-order valence-electron chi connectivity index (χ0n) is 7.16. The van der Waals surface area contributed by atoms with Gasteiger partial charge < -0.3 is 9.53 Å². The molecular weight excluding hydrogens is 152 g/mol. The second kappa shape index (κ2) is 2.11. The Balaban J connectivity index is 1.92. The Morgan fingerprint density at radius 3 is 2.50 bits per heavy atom. The first-order chi connectivity index (χ1) is 5.85. The zero-order chi connectivity index (χ0) is 8.18. The molecule has 0 spiro atoms. The molecule has 0 radical (unpaired) electrons. The second-order valence-electron chi connectivity index (χ2n) is 4.53. The second-order valence-corrected chi connectivity index (χ2v) is 4.53. The topological polar surface area (TPSA) is 26.3 Å². The molecule has 3 atom stereocenters. The first-order valence-corrected chi connectivity index (χ1v) is 4.97. The van der Waals surface area contributed by atoms with Crippen LogP contribution < -0.4 is 0 Å². The number of hydrogen-bond donors (Lipinski definition) is 0. The van der Waals surface area contributed by atoms with Gasteiger partial charge in [0.15, 0.2) is 0 Å². The summed E-state index contributed by atoms with van der Waals surface area (Å²) in [6, 6.07) is 0. The van der Waals surface area contributed by atoms with Crippen LogP contribution in [0.1, 0.15) is 32.1 Å². The van der Waals surface area contributed by atoms with E-state index in [1.807, 2.05) is 0 Å². The minimum Gasteiger partial charge on any atom is -0.374 e. The van der Waals surface area contributed by atoms with E-state index in [0.717, 1.165) is 12.8 Å². The molecule has 2 heterocycles. The molecular formula is C10H14O2. The molecule has 0 aromatic rings. The van der Waals surface area contributed by atoms with Gasteiger partial charge in [-0.1, -0.05) is 0 Å². The molecule has 0 amide bonds. The van der Waals surface area contributed by atoms with E-state index in [1.165, 1.54) is 25.5 Å². The molecule has 2 saturated heterocycles. The minimum absolute atomic E-state index is 0.0388. The van der Waals surface area contributed by atoms with Crippen LogP contribution in [0.4, 0.5) is 0 Å². The molecule has 12 heavy (non-hydrogen) atoms. The van der Waals surface area contributed by atoms with Crippen molar-refractivity contribution in [3.05, 3.63) is 0 Å². The van der Waals surface area contributed by atoms with Crippen LogP contribution in [0.3, 0.4) is 0 Å². The molecule has 66 valence electrons. The molecule has 3 unspecified atom stereocenters. The first kappa shape index (κ1) is 7.07. The van der Waals surface area contributed by atoms with Crippen LogP contribution in [0.25, 0.3) is 0 Å². The van der Waals surface area contributed by atoms with Crippen LogP contribution in [-0.4, -0.2) is 18.5 Å². The molecule has 2 heteroatoms. The lowest BCUT2D eigenvalue weighted by atomic mass is 9.71. The Morgan fingerprint density at radius 2 is 2.08 bits per heavy atom. The maximum absolute atomic E-state index is 11.1. The van der Waals surface area contributed by atoms with Crippen molar-refractivity contribution >= 4 is 6.29 Å². The molecule has 1 aliphatic carbocycles. The van der Waals surface area contributed by atoms with Gasteiger partial charge in [0.2, 0.25) is 0 Å². The number of aldehydes is 1. The molecule has 1 saturated carbocycles. The van der Waals surface area contributed by atoms with E-state index in [4.69, 9.17) is 4.74 Å². The Bertz CT molecular complexity index is 222. The summed E-state index contributed by atoms with van der Waals surface area (Å²) in [6.07, 6.45) is 7.75. The Kier molecular flexibility index (Phi) is 1.24. The van der Waals surface area contributed by atoms with Crippen molar-refractivity contribution in [2.75, 3.05) is 0 Å². The smallest absolute Gasteiger partial charge is 0.129 e. The predicted octanol–water partition coefficient (Wildman–Crippen LogP) is 1.53. The summed E-state index contributed by atoms with van der Waals surface area (Å²) < 4.78 is 5.75. The summed E-state index contributed by atoms with van der Waals surface area (Å²) in [7, 11) is 0. The van der Waals surface area contributed by atoms with Gasteiger partial charge in [-0.2, -0.15) is 0 Å². The third kappa shape index (κ3) is 0.717. The number of carbonyl (C=O) groups is 1. The van der Waals surface area contributed by atoms with Gasteiger partial charge in [0.1, 0.15) is 6.29 Å². The number of carbonyl (C=O) groups excluding carboxylic acids is 1. The van der Waals surface area contributed by atoms with Crippen molar-refractivity contribution in [1.82, 2.24) is 0 Å². The molecule has 3 rings (SSSR count). The van der Waals surface area contributed by atoms with Gasteiger partial charge in [0.25, 0.3) is 0 Å². The Labute approximate surface area is 72.3 Å². The summed E-state index contributed by atoms with van der Waals surface area (Å²) in [5.41, 5.74) is -0.0388. The van der Waals surface area contributed by atoms with Crippen molar-refractivity contribution in [2.24, 2.45) is 11.3 Å². The monoisotopic (exact) mass is 166 g/mol. The fourth-order valence-corrected chi connectivity index (χ4v) is 3.05. The maximum atomic E-state index is 11.1. The van der Waals surface area contributed by atoms with Crippen molar-refractivity contribution in [2.45, 2.75) is 44.3 Å². The molecule has 3 fully saturated rings. The van der Waals surface area contributed by atoms with Crippen molar-refractivity contribution in [1.29, 1.82) is 0 Å². The molecule has 2 nitrogen and oxygen atoms in total. The summed E-state index contributed by atoms with van der Waals surface area (Å²) in [6.45, 7) is 0. The van der Waals surface area contributed by atoms with Crippen LogP contribution in [0, 0.1) is 11.3 Å². The molecule has 2 bridgehead atoms. The fraction of sp³-hybridized carbons (Fsp3) is 0.900. The van der Waals surface area contributed by atoms with E-state index in [0.29, 0.717) is 12.0 Å². The SMILES string of the molecule is O=CC1(C2CC2)CC2CCC1O2. The van der Waals surface area contributed by atoms with E-state index in [2.05, 4.69) is 0 Å². The van der Waals surface area contributed by atoms with E-state index in [-0.39, 0.29) is 11.5 Å². The molecule has 2 aliphatic heterocycles. The standard InChI is InChI=1S/C10H14O2/c11-6-10(7-1-2-7)5-8-3-4-9(10)12-8/h6-9H,1-5H2. The lowest BCUT2D eigenvalue weighted by molar-refractivity contribution is -0.120. The molecule has 0 N–H and O–H groups in total. The van der Waals surface area contributed by atoms with Crippen molar-refractivity contribution in [3.63, 3.8) is 0 Å². The lowest BCUT2D eigenvalue weighted by Gasteiger charge is -2.29. The van der Waals surface area contributed by atoms with Gasteiger partial charge in [0, 0.05) is 0 Å². The van der Waals surface area contributed by atoms with E-state index < -0.39 is 0 Å². The van der Waals surface area contributed by atoms with Gasteiger partial charge in [-0.25, -0.2) is 0 Å². The van der Waals surface area contributed by atoms with E-state index in [9.17, 15) is 4.79 Å². The zero-order valence-corrected chi connectivity index (χ0v) is 7.16. The molecule has 0 aromatic carbocycles. The number of ether oxygens (including phenoxy) is 1. The summed E-state index contributed by atoms with van der Waals surface area (Å²) >= 11 is 0. The minimum atomic E-state index is -0.0388. The average molecular weight is 166 g/mol. The van der Waals surface area contributed by atoms with Gasteiger partial charge in [-0.3, -0.25) is 0 Å². The number of hydrogen-bond acceptors (Lipinski definition) is 2. The quantitative estimate of drug-likeness (QED) is 0.581. The predicted molar refractivity (Wildman–Crippen MR) is 43.7 cm³/mol. The van der Waals surface area contributed by atoms with Crippen molar-refractivity contribution < 1.29 is 9.53 Å². The summed E-state index contributed by atoms with van der Waals surface area (Å²) in [5, 5.41) is 0. The fourth-order valence-electron chi connectivity index (χ4n) is 3.05. The maximum Gasteiger partial charge on any atom is 0.129 e. The van der Waals surface area contributed by atoms with Gasteiger partial charge in [-0.05, 0) is 38.0 Å². The van der Waals surface area contributed by atoms with Gasteiger partial charge in [0.05, 0.1) is 17.6 Å². The van der Waals surface area contributed by atoms with Gasteiger partial charge >= 0.3 is 0 Å². The van der Waals surface area contributed by atoms with E-state index in [1.54, 1.807) is 0 Å². The highest BCUT2D eigenvalue weighted by atomic mass is 16.5. The number of rotatable bonds is 2. The van der Waals surface area contributed by atoms with Crippen LogP contribution in [0.5, 0.6) is 0 Å². The Morgan fingerprint density at radius 1 is 1.25 bits per heavy atom. The third-order valence-electron chi connectivity index (χ3n) is 3.85. The largest absolute Gasteiger partial charge is 0.374 e. The highest BCUT2D eigenvalue weighted by Crippen LogP contribution is 2.58. The third-order valence-corrected chi connectivity index (χ3v) is 3.85. The van der Waals surface area contributed by atoms with E-state index >= 15 is 0 Å². The highest BCUT2D eigenvalue weighted by Gasteiger charge is 2.59. The van der Waals surface area contributed by atoms with Crippen molar-refractivity contribution in [3.8, 4) is 0 Å².